The van der Waals surface area contributed by atoms with E-state index in [0.717, 1.165) is 29.4 Å². The van der Waals surface area contributed by atoms with Crippen LogP contribution in [0.3, 0.4) is 0 Å². The minimum Gasteiger partial charge on any atom is -0.457 e. The highest BCUT2D eigenvalue weighted by molar-refractivity contribution is 5.47. The van der Waals surface area contributed by atoms with Gasteiger partial charge < -0.3 is 15.0 Å². The molecule has 0 bridgehead atoms. The molecule has 0 spiro atoms. The molecule has 0 amide bonds. The van der Waals surface area contributed by atoms with Gasteiger partial charge in [0, 0.05) is 11.9 Å². The largest absolute Gasteiger partial charge is 0.457 e. The lowest BCUT2D eigenvalue weighted by atomic mass is 10.3. The lowest BCUT2D eigenvalue weighted by molar-refractivity contribution is 0.483. The van der Waals surface area contributed by atoms with Gasteiger partial charge in [-0.15, -0.1) is 0 Å². The van der Waals surface area contributed by atoms with E-state index in [9.17, 15) is 0 Å². The van der Waals surface area contributed by atoms with E-state index >= 15 is 0 Å². The highest BCUT2D eigenvalue weighted by Gasteiger charge is 1.98. The van der Waals surface area contributed by atoms with Crippen LogP contribution in [0.5, 0.6) is 11.5 Å². The van der Waals surface area contributed by atoms with Gasteiger partial charge >= 0.3 is 0 Å². The van der Waals surface area contributed by atoms with E-state index in [0.29, 0.717) is 0 Å². The summed E-state index contributed by atoms with van der Waals surface area (Å²) in [6.07, 6.45) is 3.48. The standard InChI is InChI=1S/C16H15N3O/c1-2-4-15(5-3-1)20-16-8-6-13(7-9-16)18-11-14-10-17-12-19-14/h1-10,12,18H,11H2,(H,17,19). The van der Waals surface area contributed by atoms with Gasteiger partial charge in [-0.3, -0.25) is 0 Å². The van der Waals surface area contributed by atoms with Gasteiger partial charge in [-0.05, 0) is 36.4 Å². The summed E-state index contributed by atoms with van der Waals surface area (Å²) in [6.45, 7) is 0.721. The second-order valence-electron chi connectivity index (χ2n) is 4.37. The van der Waals surface area contributed by atoms with Gasteiger partial charge in [0.05, 0.1) is 18.6 Å². The van der Waals surface area contributed by atoms with Crippen molar-refractivity contribution in [3.05, 3.63) is 72.8 Å². The average molecular weight is 265 g/mol. The molecule has 2 N–H and O–H groups in total. The number of para-hydroxylation sites is 1. The Morgan fingerprint density at radius 2 is 1.70 bits per heavy atom. The van der Waals surface area contributed by atoms with Gasteiger partial charge in [0.1, 0.15) is 11.5 Å². The summed E-state index contributed by atoms with van der Waals surface area (Å²) in [5.74, 6) is 1.66. The van der Waals surface area contributed by atoms with Crippen molar-refractivity contribution in [2.75, 3.05) is 5.32 Å². The number of ether oxygens (including phenoxy) is 1. The van der Waals surface area contributed by atoms with Gasteiger partial charge in [-0.1, -0.05) is 18.2 Å². The van der Waals surface area contributed by atoms with Gasteiger partial charge in [0.2, 0.25) is 0 Å². The van der Waals surface area contributed by atoms with E-state index in [1.54, 1.807) is 12.5 Å². The van der Waals surface area contributed by atoms with E-state index in [4.69, 9.17) is 4.74 Å². The summed E-state index contributed by atoms with van der Waals surface area (Å²) < 4.78 is 5.74. The molecule has 0 aliphatic heterocycles. The molecule has 4 nitrogen and oxygen atoms in total. The van der Waals surface area contributed by atoms with E-state index in [1.807, 2.05) is 54.6 Å². The Kier molecular flexibility index (Phi) is 3.64. The van der Waals surface area contributed by atoms with Crippen LogP contribution in [0.15, 0.2) is 67.1 Å². The molecule has 0 aliphatic rings. The van der Waals surface area contributed by atoms with E-state index in [1.165, 1.54) is 0 Å². The minimum absolute atomic E-state index is 0.721. The first-order valence-electron chi connectivity index (χ1n) is 6.44. The number of nitrogens with one attached hydrogen (secondary N) is 2. The molecular formula is C16H15N3O. The maximum atomic E-state index is 5.74. The molecule has 0 saturated heterocycles. The molecule has 20 heavy (non-hydrogen) atoms. The second-order valence-corrected chi connectivity index (χ2v) is 4.37. The van der Waals surface area contributed by atoms with Crippen LogP contribution in [-0.2, 0) is 6.54 Å². The molecule has 0 radical (unpaired) electrons. The number of aromatic amines is 1. The van der Waals surface area contributed by atoms with Crippen molar-refractivity contribution in [2.45, 2.75) is 6.54 Å². The monoisotopic (exact) mass is 265 g/mol. The van der Waals surface area contributed by atoms with Crippen LogP contribution < -0.4 is 10.1 Å². The first-order chi connectivity index (χ1) is 9.90. The molecule has 0 unspecified atom stereocenters. The molecule has 3 aromatic rings. The fourth-order valence-corrected chi connectivity index (χ4v) is 1.84. The Labute approximate surface area is 117 Å². The zero-order chi connectivity index (χ0) is 13.6. The van der Waals surface area contributed by atoms with Crippen LogP contribution in [0.2, 0.25) is 0 Å². The molecule has 1 heterocycles. The van der Waals surface area contributed by atoms with E-state index in [-0.39, 0.29) is 0 Å². The van der Waals surface area contributed by atoms with Crippen LogP contribution in [0.4, 0.5) is 5.69 Å². The Morgan fingerprint density at radius 1 is 0.950 bits per heavy atom. The summed E-state index contributed by atoms with van der Waals surface area (Å²) >= 11 is 0. The van der Waals surface area contributed by atoms with Gasteiger partial charge in [-0.2, -0.15) is 0 Å². The SMILES string of the molecule is c1ccc(Oc2ccc(NCc3cnc[nH]3)cc2)cc1. The third-order valence-corrected chi connectivity index (χ3v) is 2.87. The van der Waals surface area contributed by atoms with Crippen molar-refractivity contribution in [3.8, 4) is 11.5 Å². The van der Waals surface area contributed by atoms with Crippen LogP contribution in [0.25, 0.3) is 0 Å². The molecule has 2 aromatic carbocycles. The molecule has 1 aromatic heterocycles. The topological polar surface area (TPSA) is 49.9 Å². The van der Waals surface area contributed by atoms with Gasteiger partial charge in [0.25, 0.3) is 0 Å². The number of imidazole rings is 1. The predicted octanol–water partition coefficient (Wildman–Crippen LogP) is 3.81. The minimum atomic E-state index is 0.721. The van der Waals surface area contributed by atoms with Crippen LogP contribution in [-0.4, -0.2) is 9.97 Å². The average Bonchev–Trinajstić information content (AvgIpc) is 3.01. The first-order valence-corrected chi connectivity index (χ1v) is 6.44. The molecule has 0 atom stereocenters. The third-order valence-electron chi connectivity index (χ3n) is 2.87. The summed E-state index contributed by atoms with van der Waals surface area (Å²) in [5, 5.41) is 3.31. The fourth-order valence-electron chi connectivity index (χ4n) is 1.84. The number of hydrogen-bond acceptors (Lipinski definition) is 3. The van der Waals surface area contributed by atoms with Crippen LogP contribution >= 0.6 is 0 Å². The zero-order valence-corrected chi connectivity index (χ0v) is 10.9. The lowest BCUT2D eigenvalue weighted by Crippen LogP contribution is -1.99. The van der Waals surface area contributed by atoms with Crippen molar-refractivity contribution in [3.63, 3.8) is 0 Å². The number of anilines is 1. The summed E-state index contributed by atoms with van der Waals surface area (Å²) in [5.41, 5.74) is 2.09. The quantitative estimate of drug-likeness (QED) is 0.737. The summed E-state index contributed by atoms with van der Waals surface area (Å²) in [7, 11) is 0. The number of nitrogens with zero attached hydrogens (tertiary/aromatic N) is 1. The maximum absolute atomic E-state index is 5.74. The summed E-state index contributed by atoms with van der Waals surface area (Å²) in [4.78, 5) is 7.03. The summed E-state index contributed by atoms with van der Waals surface area (Å²) in [6, 6.07) is 17.6. The zero-order valence-electron chi connectivity index (χ0n) is 10.9. The van der Waals surface area contributed by atoms with Crippen molar-refractivity contribution in [1.29, 1.82) is 0 Å². The Balaban J connectivity index is 1.60. The Hall–Kier alpha value is -2.75. The Morgan fingerprint density at radius 3 is 2.40 bits per heavy atom. The molecule has 4 heteroatoms. The third kappa shape index (κ3) is 3.17. The predicted molar refractivity (Wildman–Crippen MR) is 78.9 cm³/mol. The molecule has 3 rings (SSSR count). The normalized spacial score (nSPS) is 10.2. The highest BCUT2D eigenvalue weighted by atomic mass is 16.5. The van der Waals surface area contributed by atoms with E-state index < -0.39 is 0 Å². The lowest BCUT2D eigenvalue weighted by Gasteiger charge is -2.08. The number of benzene rings is 2. The van der Waals surface area contributed by atoms with Gasteiger partial charge in [0.15, 0.2) is 0 Å². The highest BCUT2D eigenvalue weighted by Crippen LogP contribution is 2.22. The molecule has 0 fully saturated rings. The van der Waals surface area contributed by atoms with Crippen LogP contribution in [0.1, 0.15) is 5.69 Å². The number of H-pyrrole nitrogens is 1. The van der Waals surface area contributed by atoms with Gasteiger partial charge in [-0.25, -0.2) is 4.98 Å². The molecule has 100 valence electrons. The smallest absolute Gasteiger partial charge is 0.127 e. The number of aromatic nitrogens is 2. The molecule has 0 aliphatic carbocycles. The van der Waals surface area contributed by atoms with Crippen molar-refractivity contribution >= 4 is 5.69 Å². The maximum Gasteiger partial charge on any atom is 0.127 e. The molecule has 0 saturated carbocycles. The number of hydrogen-bond donors (Lipinski definition) is 2. The number of rotatable bonds is 5. The Bertz CT molecular complexity index is 633. The second kappa shape index (κ2) is 5.93. The van der Waals surface area contributed by atoms with Crippen molar-refractivity contribution in [1.82, 2.24) is 9.97 Å². The van der Waals surface area contributed by atoms with Crippen molar-refractivity contribution in [2.24, 2.45) is 0 Å². The fraction of sp³-hybridized carbons (Fsp3) is 0.0625. The first kappa shape index (κ1) is 12.3. The molecular weight excluding hydrogens is 250 g/mol. The van der Waals surface area contributed by atoms with Crippen LogP contribution in [0, 0.1) is 0 Å². The van der Waals surface area contributed by atoms with Crippen molar-refractivity contribution < 1.29 is 4.74 Å². The van der Waals surface area contributed by atoms with E-state index in [2.05, 4.69) is 15.3 Å².